The largest absolute Gasteiger partial charge is 0.265 e. The summed E-state index contributed by atoms with van der Waals surface area (Å²) in [5.41, 5.74) is 11.8. The minimum atomic E-state index is 0.623. The summed E-state index contributed by atoms with van der Waals surface area (Å²) >= 11 is 0. The molecular weight excluding hydrogens is 661 g/mol. The minimum absolute atomic E-state index is 0.623. The van der Waals surface area contributed by atoms with Crippen molar-refractivity contribution in [3.63, 3.8) is 0 Å². The van der Waals surface area contributed by atoms with Crippen LogP contribution in [-0.4, -0.2) is 29.9 Å². The van der Waals surface area contributed by atoms with Crippen LogP contribution in [0, 0.1) is 0 Å². The highest BCUT2D eigenvalue weighted by molar-refractivity contribution is 5.78. The Labute approximate surface area is 313 Å². The van der Waals surface area contributed by atoms with E-state index >= 15 is 0 Å². The first-order valence-corrected chi connectivity index (χ1v) is 17.8. The average molecular weight is 693 g/mol. The summed E-state index contributed by atoms with van der Waals surface area (Å²) in [6.45, 7) is 0. The molecule has 0 unspecified atom stereocenters. The molecule has 3 heterocycles. The molecule has 0 saturated heterocycles. The van der Waals surface area contributed by atoms with E-state index in [-0.39, 0.29) is 0 Å². The van der Waals surface area contributed by atoms with Crippen LogP contribution in [0.5, 0.6) is 0 Å². The van der Waals surface area contributed by atoms with Crippen molar-refractivity contribution in [2.24, 2.45) is 0 Å². The molecule has 0 spiro atoms. The maximum absolute atomic E-state index is 5.14. The quantitative estimate of drug-likeness (QED) is 0.158. The molecule has 0 aliphatic carbocycles. The van der Waals surface area contributed by atoms with E-state index in [1.807, 2.05) is 103 Å². The molecule has 0 radical (unpaired) electrons. The van der Waals surface area contributed by atoms with Gasteiger partial charge in [0.25, 0.3) is 0 Å². The monoisotopic (exact) mass is 692 g/mol. The second kappa shape index (κ2) is 14.7. The van der Waals surface area contributed by atoms with Gasteiger partial charge in [-0.2, -0.15) is 0 Å². The van der Waals surface area contributed by atoms with Gasteiger partial charge in [0, 0.05) is 45.8 Å². The van der Waals surface area contributed by atoms with E-state index in [1.54, 1.807) is 0 Å². The highest BCUT2D eigenvalue weighted by atomic mass is 15.0. The van der Waals surface area contributed by atoms with E-state index in [0.29, 0.717) is 23.3 Å². The Bertz CT molecular complexity index is 2630. The summed E-state index contributed by atoms with van der Waals surface area (Å²) in [6, 6.07) is 61.6. The number of hydrogen-bond donors (Lipinski definition) is 0. The van der Waals surface area contributed by atoms with Gasteiger partial charge in [-0.15, -0.1) is 0 Å². The second-order valence-electron chi connectivity index (χ2n) is 12.8. The normalized spacial score (nSPS) is 11.0. The Hall–Kier alpha value is -7.44. The summed E-state index contributed by atoms with van der Waals surface area (Å²) in [7, 11) is 0. The first kappa shape index (κ1) is 32.5. The third-order valence-electron chi connectivity index (χ3n) is 9.26. The van der Waals surface area contributed by atoms with Crippen LogP contribution < -0.4 is 0 Å². The smallest absolute Gasteiger partial charge is 0.164 e. The number of benzene rings is 6. The lowest BCUT2D eigenvalue weighted by atomic mass is 9.99. The number of aromatic nitrogens is 6. The van der Waals surface area contributed by atoms with E-state index in [0.717, 1.165) is 67.0 Å². The molecule has 0 amide bonds. The van der Waals surface area contributed by atoms with Crippen molar-refractivity contribution in [3.05, 3.63) is 194 Å². The summed E-state index contributed by atoms with van der Waals surface area (Å²) in [6.07, 6.45) is 3.62. The first-order valence-electron chi connectivity index (χ1n) is 17.8. The summed E-state index contributed by atoms with van der Waals surface area (Å²) < 4.78 is 0. The van der Waals surface area contributed by atoms with Crippen LogP contribution in [0.25, 0.3) is 90.3 Å². The molecular formula is C48H32N6. The Morgan fingerprint density at radius 3 is 1.15 bits per heavy atom. The van der Waals surface area contributed by atoms with Crippen molar-refractivity contribution >= 4 is 0 Å². The Morgan fingerprint density at radius 1 is 0.222 bits per heavy atom. The van der Waals surface area contributed by atoms with Crippen molar-refractivity contribution < 1.29 is 0 Å². The van der Waals surface area contributed by atoms with Crippen LogP contribution in [0.3, 0.4) is 0 Å². The molecule has 0 atom stereocenters. The molecule has 9 aromatic rings. The minimum Gasteiger partial charge on any atom is -0.265 e. The van der Waals surface area contributed by atoms with E-state index in [9.17, 15) is 0 Å². The van der Waals surface area contributed by atoms with Gasteiger partial charge >= 0.3 is 0 Å². The predicted molar refractivity (Wildman–Crippen MR) is 217 cm³/mol. The van der Waals surface area contributed by atoms with Crippen LogP contribution in [0.15, 0.2) is 194 Å². The van der Waals surface area contributed by atoms with Gasteiger partial charge in [0.15, 0.2) is 23.3 Å². The van der Waals surface area contributed by atoms with E-state index in [4.69, 9.17) is 24.9 Å². The number of rotatable bonds is 8. The van der Waals surface area contributed by atoms with Crippen molar-refractivity contribution in [1.29, 1.82) is 0 Å². The molecule has 6 heteroatoms. The lowest BCUT2D eigenvalue weighted by molar-refractivity contribution is 1.07. The van der Waals surface area contributed by atoms with Gasteiger partial charge in [0.1, 0.15) is 0 Å². The Morgan fingerprint density at radius 2 is 0.593 bits per heavy atom. The van der Waals surface area contributed by atoms with Crippen molar-refractivity contribution in [3.8, 4) is 90.3 Å². The fraction of sp³-hybridized carbons (Fsp3) is 0. The standard InChI is InChI=1S/C48H32N6/c1-4-12-35(13-5-1)43-32-44(51-48(50-43)42-21-11-19-40(31-42)34-26-28-49-29-27-34)41-20-10-18-39(30-41)33-22-24-38(25-23-33)47-53-45(36-14-6-2-7-15-36)52-46(54-47)37-16-8-3-9-17-37/h1-32H. The first-order chi connectivity index (χ1) is 26.7. The molecule has 54 heavy (non-hydrogen) atoms. The number of nitrogens with zero attached hydrogens (tertiary/aromatic N) is 6. The zero-order valence-electron chi connectivity index (χ0n) is 29.2. The van der Waals surface area contributed by atoms with Crippen LogP contribution in [0.2, 0.25) is 0 Å². The van der Waals surface area contributed by atoms with Crippen LogP contribution in [0.4, 0.5) is 0 Å². The van der Waals surface area contributed by atoms with Gasteiger partial charge in [-0.25, -0.2) is 24.9 Å². The maximum Gasteiger partial charge on any atom is 0.164 e. The highest BCUT2D eigenvalue weighted by Crippen LogP contribution is 2.33. The fourth-order valence-electron chi connectivity index (χ4n) is 6.47. The van der Waals surface area contributed by atoms with Crippen molar-refractivity contribution in [2.45, 2.75) is 0 Å². The third-order valence-corrected chi connectivity index (χ3v) is 9.26. The van der Waals surface area contributed by atoms with Gasteiger partial charge in [-0.3, -0.25) is 4.98 Å². The van der Waals surface area contributed by atoms with Gasteiger partial charge in [-0.05, 0) is 52.6 Å². The molecule has 0 aliphatic heterocycles. The summed E-state index contributed by atoms with van der Waals surface area (Å²) in [5.74, 6) is 2.57. The summed E-state index contributed by atoms with van der Waals surface area (Å²) in [5, 5.41) is 0. The zero-order valence-corrected chi connectivity index (χ0v) is 29.2. The van der Waals surface area contributed by atoms with E-state index in [1.165, 1.54) is 0 Å². The lowest BCUT2D eigenvalue weighted by Crippen LogP contribution is -2.00. The maximum atomic E-state index is 5.14. The fourth-order valence-corrected chi connectivity index (χ4v) is 6.47. The van der Waals surface area contributed by atoms with E-state index < -0.39 is 0 Å². The molecule has 9 rings (SSSR count). The Balaban J connectivity index is 1.08. The number of hydrogen-bond acceptors (Lipinski definition) is 6. The van der Waals surface area contributed by atoms with Crippen LogP contribution in [-0.2, 0) is 0 Å². The average Bonchev–Trinajstić information content (AvgIpc) is 3.27. The highest BCUT2D eigenvalue weighted by Gasteiger charge is 2.14. The van der Waals surface area contributed by atoms with Crippen molar-refractivity contribution in [2.75, 3.05) is 0 Å². The van der Waals surface area contributed by atoms with Gasteiger partial charge in [-0.1, -0.05) is 152 Å². The molecule has 0 saturated carbocycles. The molecule has 0 aliphatic rings. The zero-order chi connectivity index (χ0) is 36.1. The van der Waals surface area contributed by atoms with Crippen molar-refractivity contribution in [1.82, 2.24) is 29.9 Å². The molecule has 0 N–H and O–H groups in total. The van der Waals surface area contributed by atoms with Gasteiger partial charge in [0.2, 0.25) is 0 Å². The molecule has 0 bridgehead atoms. The third kappa shape index (κ3) is 6.92. The molecule has 6 nitrogen and oxygen atoms in total. The van der Waals surface area contributed by atoms with Gasteiger partial charge < -0.3 is 0 Å². The number of pyridine rings is 1. The Kier molecular flexibility index (Phi) is 8.81. The second-order valence-corrected chi connectivity index (χ2v) is 12.8. The molecule has 6 aromatic carbocycles. The molecule has 254 valence electrons. The van der Waals surface area contributed by atoms with Crippen LogP contribution in [0.1, 0.15) is 0 Å². The molecule has 3 aromatic heterocycles. The predicted octanol–water partition coefficient (Wildman–Crippen LogP) is 11.4. The lowest BCUT2D eigenvalue weighted by Gasteiger charge is -2.12. The molecule has 0 fully saturated rings. The summed E-state index contributed by atoms with van der Waals surface area (Å²) in [4.78, 5) is 29.0. The van der Waals surface area contributed by atoms with Crippen LogP contribution >= 0.6 is 0 Å². The SMILES string of the molecule is c1ccc(-c2cc(-c3cccc(-c4ccc(-c5nc(-c6ccccc6)nc(-c6ccccc6)n5)cc4)c3)nc(-c3cccc(-c4ccncc4)c3)n2)cc1. The topological polar surface area (TPSA) is 77.3 Å². The van der Waals surface area contributed by atoms with E-state index in [2.05, 4.69) is 96.0 Å². The van der Waals surface area contributed by atoms with Gasteiger partial charge in [0.05, 0.1) is 11.4 Å².